The zero-order chi connectivity index (χ0) is 17.1. The molecular formula is C16H19N3O4S. The maximum Gasteiger partial charge on any atom is 0.409 e. The number of amides is 3. The van der Waals surface area contributed by atoms with E-state index in [9.17, 15) is 14.4 Å². The summed E-state index contributed by atoms with van der Waals surface area (Å²) in [6, 6.07) is 5.37. The number of nitrogens with one attached hydrogen (secondary N) is 1. The number of piperazine rings is 1. The van der Waals surface area contributed by atoms with Gasteiger partial charge in [0.1, 0.15) is 0 Å². The molecule has 0 bridgehead atoms. The van der Waals surface area contributed by atoms with Crippen molar-refractivity contribution in [2.75, 3.05) is 43.9 Å². The van der Waals surface area contributed by atoms with Crippen LogP contribution in [0.2, 0.25) is 0 Å². The summed E-state index contributed by atoms with van der Waals surface area (Å²) in [4.78, 5) is 40.1. The summed E-state index contributed by atoms with van der Waals surface area (Å²) in [6.45, 7) is 3.97. The average Bonchev–Trinajstić information content (AvgIpc) is 2.60. The Kier molecular flexibility index (Phi) is 4.94. The van der Waals surface area contributed by atoms with Gasteiger partial charge in [-0.15, -0.1) is 11.8 Å². The Morgan fingerprint density at radius 3 is 2.62 bits per heavy atom. The first-order chi connectivity index (χ1) is 11.6. The fourth-order valence-corrected chi connectivity index (χ4v) is 3.49. The lowest BCUT2D eigenvalue weighted by atomic mass is 10.1. The van der Waals surface area contributed by atoms with Gasteiger partial charge in [-0.25, -0.2) is 4.79 Å². The number of thioether (sulfide) groups is 1. The molecule has 0 atom stereocenters. The molecule has 0 unspecified atom stereocenters. The van der Waals surface area contributed by atoms with Crippen LogP contribution in [0.3, 0.4) is 0 Å². The van der Waals surface area contributed by atoms with Gasteiger partial charge in [0, 0.05) is 36.6 Å². The van der Waals surface area contributed by atoms with E-state index < -0.39 is 0 Å². The zero-order valence-electron chi connectivity index (χ0n) is 13.4. The molecule has 0 saturated carbocycles. The molecule has 0 aromatic heterocycles. The molecule has 7 nitrogen and oxygen atoms in total. The van der Waals surface area contributed by atoms with Gasteiger partial charge >= 0.3 is 6.09 Å². The van der Waals surface area contributed by atoms with Crippen LogP contribution in [0.1, 0.15) is 17.3 Å². The third-order valence-electron chi connectivity index (χ3n) is 3.95. The molecule has 1 saturated heterocycles. The molecule has 2 aliphatic heterocycles. The van der Waals surface area contributed by atoms with E-state index in [1.54, 1.807) is 28.9 Å². The first-order valence-electron chi connectivity index (χ1n) is 7.86. The minimum absolute atomic E-state index is 0.0554. The first-order valence-corrected chi connectivity index (χ1v) is 8.84. The predicted molar refractivity (Wildman–Crippen MR) is 90.3 cm³/mol. The third kappa shape index (κ3) is 3.48. The topological polar surface area (TPSA) is 79.0 Å². The van der Waals surface area contributed by atoms with Gasteiger partial charge in [0.05, 0.1) is 18.0 Å². The summed E-state index contributed by atoms with van der Waals surface area (Å²) >= 11 is 1.47. The Morgan fingerprint density at radius 2 is 1.92 bits per heavy atom. The normalized spacial score (nSPS) is 17.1. The van der Waals surface area contributed by atoms with E-state index in [1.165, 1.54) is 11.8 Å². The average molecular weight is 349 g/mol. The summed E-state index contributed by atoms with van der Waals surface area (Å²) in [7, 11) is 0. The highest BCUT2D eigenvalue weighted by molar-refractivity contribution is 8.00. The van der Waals surface area contributed by atoms with Gasteiger partial charge in [0.2, 0.25) is 5.91 Å². The smallest absolute Gasteiger partial charge is 0.409 e. The quantitative estimate of drug-likeness (QED) is 0.878. The Morgan fingerprint density at radius 1 is 1.21 bits per heavy atom. The lowest BCUT2D eigenvalue weighted by Crippen LogP contribution is -2.50. The van der Waals surface area contributed by atoms with Gasteiger partial charge < -0.3 is 19.9 Å². The Hall–Kier alpha value is -2.22. The van der Waals surface area contributed by atoms with Crippen LogP contribution in [0, 0.1) is 0 Å². The molecule has 0 spiro atoms. The third-order valence-corrected chi connectivity index (χ3v) is 5.03. The van der Waals surface area contributed by atoms with Crippen LogP contribution in [-0.4, -0.2) is 66.2 Å². The molecule has 0 radical (unpaired) electrons. The van der Waals surface area contributed by atoms with E-state index in [0.717, 1.165) is 4.90 Å². The molecule has 0 aliphatic carbocycles. The fraction of sp³-hybridized carbons (Fsp3) is 0.438. The van der Waals surface area contributed by atoms with Crippen LogP contribution in [0.15, 0.2) is 23.1 Å². The molecule has 2 aliphatic rings. The highest BCUT2D eigenvalue weighted by Gasteiger charge is 2.26. The monoisotopic (exact) mass is 349 g/mol. The van der Waals surface area contributed by atoms with Gasteiger partial charge in [-0.05, 0) is 25.1 Å². The maximum absolute atomic E-state index is 12.6. The number of carbonyl (C=O) groups excluding carboxylic acids is 3. The minimum Gasteiger partial charge on any atom is -0.450 e. The number of benzene rings is 1. The van der Waals surface area contributed by atoms with Gasteiger partial charge in [-0.1, -0.05) is 0 Å². The Labute approximate surface area is 144 Å². The maximum atomic E-state index is 12.6. The first kappa shape index (κ1) is 16.6. The van der Waals surface area contributed by atoms with E-state index >= 15 is 0 Å². The van der Waals surface area contributed by atoms with Crippen molar-refractivity contribution in [1.29, 1.82) is 0 Å². The minimum atomic E-state index is -0.335. The van der Waals surface area contributed by atoms with Crippen molar-refractivity contribution >= 4 is 35.4 Å². The zero-order valence-corrected chi connectivity index (χ0v) is 14.2. The van der Waals surface area contributed by atoms with Crippen molar-refractivity contribution in [3.8, 4) is 0 Å². The second-order valence-electron chi connectivity index (χ2n) is 5.53. The van der Waals surface area contributed by atoms with Crippen LogP contribution in [0.25, 0.3) is 0 Å². The molecule has 1 N–H and O–H groups in total. The van der Waals surface area contributed by atoms with Crippen molar-refractivity contribution < 1.29 is 19.1 Å². The molecule has 3 rings (SSSR count). The lowest BCUT2D eigenvalue weighted by molar-refractivity contribution is -0.113. The molecule has 3 amide bonds. The van der Waals surface area contributed by atoms with E-state index in [1.807, 2.05) is 6.07 Å². The highest BCUT2D eigenvalue weighted by atomic mass is 32.2. The number of rotatable bonds is 2. The second kappa shape index (κ2) is 7.12. The van der Waals surface area contributed by atoms with Gasteiger partial charge in [-0.2, -0.15) is 0 Å². The number of nitrogens with zero attached hydrogens (tertiary/aromatic N) is 2. The summed E-state index contributed by atoms with van der Waals surface area (Å²) in [6.07, 6.45) is -0.335. The van der Waals surface area contributed by atoms with Crippen molar-refractivity contribution in [3.63, 3.8) is 0 Å². The molecule has 2 heterocycles. The van der Waals surface area contributed by atoms with Gasteiger partial charge in [-0.3, -0.25) is 9.59 Å². The molecule has 8 heteroatoms. The van der Waals surface area contributed by atoms with Gasteiger partial charge in [0.15, 0.2) is 0 Å². The largest absolute Gasteiger partial charge is 0.450 e. The summed E-state index contributed by atoms with van der Waals surface area (Å²) in [5.41, 5.74) is 1.23. The van der Waals surface area contributed by atoms with Crippen molar-refractivity contribution in [2.45, 2.75) is 11.8 Å². The van der Waals surface area contributed by atoms with Gasteiger partial charge in [0.25, 0.3) is 5.91 Å². The Bertz CT molecular complexity index is 671. The van der Waals surface area contributed by atoms with Crippen molar-refractivity contribution in [1.82, 2.24) is 9.80 Å². The molecule has 24 heavy (non-hydrogen) atoms. The highest BCUT2D eigenvalue weighted by Crippen LogP contribution is 2.32. The van der Waals surface area contributed by atoms with Crippen LogP contribution in [0.5, 0.6) is 0 Å². The van der Waals surface area contributed by atoms with E-state index in [2.05, 4.69) is 5.32 Å². The van der Waals surface area contributed by atoms with Crippen molar-refractivity contribution in [2.24, 2.45) is 0 Å². The summed E-state index contributed by atoms with van der Waals surface area (Å²) in [5, 5.41) is 2.79. The standard InChI is InChI=1S/C16H19N3O4S/c1-2-23-16(22)19-7-5-18(6-8-19)15(21)11-3-4-13-12(9-11)17-14(20)10-24-13/h3-4,9H,2,5-8,10H2,1H3,(H,17,20). The summed E-state index contributed by atoms with van der Waals surface area (Å²) < 4.78 is 4.98. The summed E-state index contributed by atoms with van der Waals surface area (Å²) in [5.74, 6) is 0.252. The van der Waals surface area contributed by atoms with Crippen LogP contribution in [-0.2, 0) is 9.53 Å². The lowest BCUT2D eigenvalue weighted by Gasteiger charge is -2.34. The fourth-order valence-electron chi connectivity index (χ4n) is 2.71. The molecule has 1 aromatic carbocycles. The van der Waals surface area contributed by atoms with Crippen molar-refractivity contribution in [3.05, 3.63) is 23.8 Å². The molecule has 128 valence electrons. The number of carbonyl (C=O) groups is 3. The Balaban J connectivity index is 1.64. The second-order valence-corrected chi connectivity index (χ2v) is 6.54. The number of anilines is 1. The molecular weight excluding hydrogens is 330 g/mol. The van der Waals surface area contributed by atoms with Crippen LogP contribution < -0.4 is 5.32 Å². The van der Waals surface area contributed by atoms with E-state index in [0.29, 0.717) is 49.8 Å². The number of hydrogen-bond donors (Lipinski definition) is 1. The molecule has 1 fully saturated rings. The van der Waals surface area contributed by atoms with Crippen LogP contribution in [0.4, 0.5) is 10.5 Å². The number of hydrogen-bond acceptors (Lipinski definition) is 5. The van der Waals surface area contributed by atoms with E-state index in [-0.39, 0.29) is 17.9 Å². The number of fused-ring (bicyclic) bond motifs is 1. The van der Waals surface area contributed by atoms with E-state index in [4.69, 9.17) is 4.74 Å². The molecule has 1 aromatic rings. The van der Waals surface area contributed by atoms with Crippen LogP contribution >= 0.6 is 11.8 Å². The number of ether oxygens (including phenoxy) is 1. The predicted octanol–water partition coefficient (Wildman–Crippen LogP) is 1.65. The SMILES string of the molecule is CCOC(=O)N1CCN(C(=O)c2ccc3c(c2)NC(=O)CS3)CC1.